The van der Waals surface area contributed by atoms with Crippen molar-refractivity contribution in [3.8, 4) is 11.8 Å². The number of nitrogens with zero attached hydrogens (tertiary/aromatic N) is 2. The zero-order valence-electron chi connectivity index (χ0n) is 16.1. The van der Waals surface area contributed by atoms with Gasteiger partial charge < -0.3 is 9.72 Å². The van der Waals surface area contributed by atoms with Gasteiger partial charge in [0.25, 0.3) is 0 Å². The summed E-state index contributed by atoms with van der Waals surface area (Å²) in [6.07, 6.45) is 1.63. The number of hydrogen-bond donors (Lipinski definition) is 1. The zero-order chi connectivity index (χ0) is 22.8. The fraction of sp³-hybridized carbons (Fsp3) is 0.0435. The molecule has 9 heteroatoms. The van der Waals surface area contributed by atoms with E-state index in [9.17, 15) is 9.65 Å². The van der Waals surface area contributed by atoms with Gasteiger partial charge in [-0.05, 0) is 75.6 Å². The van der Waals surface area contributed by atoms with Crippen molar-refractivity contribution in [3.63, 3.8) is 0 Å². The molecule has 0 spiro atoms. The monoisotopic (exact) mass is 549 g/mol. The van der Waals surface area contributed by atoms with Crippen LogP contribution in [-0.4, -0.2) is 9.97 Å². The summed E-state index contributed by atoms with van der Waals surface area (Å²) in [6.45, 7) is 0.239. The van der Waals surface area contributed by atoms with Crippen molar-refractivity contribution >= 4 is 73.4 Å². The third kappa shape index (κ3) is 4.92. The molecule has 0 radical (unpaired) electrons. The maximum Gasteiger partial charge on any atom is 0.152 e. The number of hydrogen-bond acceptors (Lipinski definition) is 3. The SMILES string of the molecule is N#C/C(=C/c1cc(Cl)c(OCc2ccc(Cl)c(Cl)c2)c(Br)c1)c1nc2ccc(F)cc2[nH]1. The van der Waals surface area contributed by atoms with Gasteiger partial charge in [-0.3, -0.25) is 0 Å². The molecular formula is C23H12BrCl3FN3O. The van der Waals surface area contributed by atoms with Crippen LogP contribution in [0.25, 0.3) is 22.7 Å². The number of benzene rings is 3. The number of imidazole rings is 1. The van der Waals surface area contributed by atoms with E-state index in [1.54, 1.807) is 36.4 Å². The van der Waals surface area contributed by atoms with Crippen molar-refractivity contribution in [3.05, 3.63) is 90.8 Å². The zero-order valence-corrected chi connectivity index (χ0v) is 19.9. The van der Waals surface area contributed by atoms with Crippen LogP contribution in [0.15, 0.2) is 53.0 Å². The average Bonchev–Trinajstić information content (AvgIpc) is 3.16. The quantitative estimate of drug-likeness (QED) is 0.255. The molecule has 0 unspecified atom stereocenters. The molecule has 0 fully saturated rings. The van der Waals surface area contributed by atoms with Crippen LogP contribution in [0.3, 0.4) is 0 Å². The molecule has 4 rings (SSSR count). The first-order valence-corrected chi connectivity index (χ1v) is 11.1. The Balaban J connectivity index is 1.60. The van der Waals surface area contributed by atoms with E-state index in [1.165, 1.54) is 12.1 Å². The molecule has 4 nitrogen and oxygen atoms in total. The highest BCUT2D eigenvalue weighted by Crippen LogP contribution is 2.36. The number of allylic oxidation sites excluding steroid dienone is 1. The Kier molecular flexibility index (Phi) is 6.73. The molecule has 0 saturated carbocycles. The predicted octanol–water partition coefficient (Wildman–Crippen LogP) is 8.07. The van der Waals surface area contributed by atoms with Gasteiger partial charge in [-0.1, -0.05) is 40.9 Å². The van der Waals surface area contributed by atoms with Crippen LogP contribution in [0, 0.1) is 17.1 Å². The number of aromatic amines is 1. The minimum Gasteiger partial charge on any atom is -0.486 e. The fourth-order valence-electron chi connectivity index (χ4n) is 3.02. The number of rotatable bonds is 5. The van der Waals surface area contributed by atoms with Crippen LogP contribution in [-0.2, 0) is 6.61 Å². The lowest BCUT2D eigenvalue weighted by molar-refractivity contribution is 0.304. The molecule has 0 aliphatic heterocycles. The van der Waals surface area contributed by atoms with Crippen molar-refractivity contribution in [1.82, 2.24) is 9.97 Å². The van der Waals surface area contributed by atoms with Crippen LogP contribution in [0.5, 0.6) is 5.75 Å². The fourth-order valence-corrected chi connectivity index (χ4v) is 4.32. The summed E-state index contributed by atoms with van der Waals surface area (Å²) < 4.78 is 19.9. The van der Waals surface area contributed by atoms with E-state index in [0.29, 0.717) is 47.7 Å². The number of nitrogens with one attached hydrogen (secondary N) is 1. The number of ether oxygens (including phenoxy) is 1. The number of aromatic nitrogens is 2. The third-order valence-corrected chi connectivity index (χ3v) is 6.13. The van der Waals surface area contributed by atoms with Gasteiger partial charge in [0.1, 0.15) is 24.3 Å². The summed E-state index contributed by atoms with van der Waals surface area (Å²) in [6, 6.07) is 15.0. The predicted molar refractivity (Wildman–Crippen MR) is 129 cm³/mol. The minimum absolute atomic E-state index is 0.239. The molecular weight excluding hydrogens is 540 g/mol. The Labute approximate surface area is 206 Å². The van der Waals surface area contributed by atoms with E-state index in [2.05, 4.69) is 32.0 Å². The van der Waals surface area contributed by atoms with Gasteiger partial charge in [-0.2, -0.15) is 5.26 Å². The first-order chi connectivity index (χ1) is 15.3. The molecule has 4 aromatic rings. The summed E-state index contributed by atoms with van der Waals surface area (Å²) in [5, 5.41) is 10.9. The molecule has 1 N–H and O–H groups in total. The highest BCUT2D eigenvalue weighted by molar-refractivity contribution is 9.10. The molecule has 32 heavy (non-hydrogen) atoms. The highest BCUT2D eigenvalue weighted by Gasteiger charge is 2.13. The number of halogens is 5. The van der Waals surface area contributed by atoms with E-state index in [4.69, 9.17) is 39.5 Å². The third-order valence-electron chi connectivity index (χ3n) is 4.52. The largest absolute Gasteiger partial charge is 0.486 e. The van der Waals surface area contributed by atoms with Crippen LogP contribution in [0.1, 0.15) is 17.0 Å². The van der Waals surface area contributed by atoms with E-state index < -0.39 is 0 Å². The number of fused-ring (bicyclic) bond motifs is 1. The normalized spacial score (nSPS) is 11.6. The van der Waals surface area contributed by atoms with Crippen molar-refractivity contribution in [2.24, 2.45) is 0 Å². The van der Waals surface area contributed by atoms with Crippen LogP contribution < -0.4 is 4.74 Å². The van der Waals surface area contributed by atoms with Gasteiger partial charge >= 0.3 is 0 Å². The summed E-state index contributed by atoms with van der Waals surface area (Å²) >= 11 is 21.9. The Morgan fingerprint density at radius 2 is 1.91 bits per heavy atom. The summed E-state index contributed by atoms with van der Waals surface area (Å²) in [5.74, 6) is 0.398. The summed E-state index contributed by atoms with van der Waals surface area (Å²) in [4.78, 5) is 7.32. The van der Waals surface area contributed by atoms with E-state index >= 15 is 0 Å². The Morgan fingerprint density at radius 3 is 2.62 bits per heavy atom. The highest BCUT2D eigenvalue weighted by atomic mass is 79.9. The maximum atomic E-state index is 13.4. The molecule has 0 aliphatic carbocycles. The second-order valence-corrected chi connectivity index (χ2v) is 8.84. The average molecular weight is 552 g/mol. The molecule has 0 amide bonds. The van der Waals surface area contributed by atoms with Crippen molar-refractivity contribution in [2.75, 3.05) is 0 Å². The molecule has 0 saturated heterocycles. The van der Waals surface area contributed by atoms with E-state index in [0.717, 1.165) is 5.56 Å². The molecule has 1 heterocycles. The summed E-state index contributed by atoms with van der Waals surface area (Å²) in [5.41, 5.74) is 2.83. The minimum atomic E-state index is -0.387. The second kappa shape index (κ2) is 9.51. The van der Waals surface area contributed by atoms with E-state index in [1.807, 2.05) is 6.07 Å². The van der Waals surface area contributed by atoms with Gasteiger partial charge in [0, 0.05) is 0 Å². The first-order valence-electron chi connectivity index (χ1n) is 9.17. The molecule has 1 aromatic heterocycles. The van der Waals surface area contributed by atoms with Gasteiger partial charge in [-0.15, -0.1) is 0 Å². The Morgan fingerprint density at radius 1 is 1.09 bits per heavy atom. The van der Waals surface area contributed by atoms with Crippen molar-refractivity contribution in [1.29, 1.82) is 5.26 Å². The molecule has 160 valence electrons. The number of nitriles is 1. The molecule has 3 aromatic carbocycles. The maximum absolute atomic E-state index is 13.4. The van der Waals surface area contributed by atoms with Gasteiger partial charge in [-0.25, -0.2) is 9.37 Å². The van der Waals surface area contributed by atoms with Gasteiger partial charge in [0.2, 0.25) is 0 Å². The van der Waals surface area contributed by atoms with Crippen molar-refractivity contribution < 1.29 is 9.13 Å². The Hall–Kier alpha value is -2.56. The number of H-pyrrole nitrogens is 1. The van der Waals surface area contributed by atoms with E-state index in [-0.39, 0.29) is 18.0 Å². The molecule has 0 bridgehead atoms. The van der Waals surface area contributed by atoms with Gasteiger partial charge in [0.05, 0.1) is 36.1 Å². The van der Waals surface area contributed by atoms with Crippen LogP contribution in [0.2, 0.25) is 15.1 Å². The lowest BCUT2D eigenvalue weighted by atomic mass is 10.1. The standard InChI is InChI=1S/C23H12BrCl3FN3O/c24-16-6-13(5-14(10-29)23-30-20-4-2-15(28)9-21(20)31-23)8-19(27)22(16)32-11-12-1-3-17(25)18(26)7-12/h1-9H,11H2,(H,30,31)/b14-5-. The smallest absolute Gasteiger partial charge is 0.152 e. The van der Waals surface area contributed by atoms with Crippen molar-refractivity contribution in [2.45, 2.75) is 6.61 Å². The Bertz CT molecular complexity index is 1390. The molecule has 0 atom stereocenters. The van der Waals surface area contributed by atoms with Gasteiger partial charge in [0.15, 0.2) is 5.75 Å². The summed E-state index contributed by atoms with van der Waals surface area (Å²) in [7, 11) is 0. The first kappa shape index (κ1) is 22.6. The topological polar surface area (TPSA) is 61.7 Å². The second-order valence-electron chi connectivity index (χ2n) is 6.77. The lowest BCUT2D eigenvalue weighted by Gasteiger charge is -2.12. The van der Waals surface area contributed by atoms with Crippen LogP contribution >= 0.6 is 50.7 Å². The van der Waals surface area contributed by atoms with Crippen LogP contribution in [0.4, 0.5) is 4.39 Å². The lowest BCUT2D eigenvalue weighted by Crippen LogP contribution is -1.97. The molecule has 0 aliphatic rings.